The second-order valence-electron chi connectivity index (χ2n) is 7.96. The molecule has 2 aliphatic rings. The van der Waals surface area contributed by atoms with Gasteiger partial charge in [0.15, 0.2) is 5.82 Å². The molecule has 0 aromatic carbocycles. The van der Waals surface area contributed by atoms with E-state index in [1.807, 2.05) is 25.4 Å². The molecule has 0 atom stereocenters. The Kier molecular flexibility index (Phi) is 4.54. The highest BCUT2D eigenvalue weighted by Crippen LogP contribution is 2.46. The van der Waals surface area contributed by atoms with Crippen LogP contribution >= 0.6 is 0 Å². The second kappa shape index (κ2) is 7.35. The van der Waals surface area contributed by atoms with Crippen LogP contribution in [-0.2, 0) is 11.2 Å². The Bertz CT molecular complexity index is 1020. The van der Waals surface area contributed by atoms with Gasteiger partial charge < -0.3 is 14.6 Å². The van der Waals surface area contributed by atoms with Gasteiger partial charge in [-0.3, -0.25) is 14.9 Å². The van der Waals surface area contributed by atoms with Gasteiger partial charge >= 0.3 is 0 Å². The number of nitrogens with zero attached hydrogens (tertiary/aromatic N) is 3. The quantitative estimate of drug-likeness (QED) is 0.636. The summed E-state index contributed by atoms with van der Waals surface area (Å²) in [5.74, 6) is 2.81. The molecule has 2 aliphatic carbocycles. The summed E-state index contributed by atoms with van der Waals surface area (Å²) < 4.78 is 11.3. The molecule has 1 amide bonds. The molecule has 0 saturated heterocycles. The molecule has 2 fully saturated rings. The number of hydrogen-bond acceptors (Lipinski definition) is 6. The zero-order valence-corrected chi connectivity index (χ0v) is 16.2. The first-order chi connectivity index (χ1) is 14.1. The zero-order chi connectivity index (χ0) is 19.8. The molecule has 3 aromatic rings. The fraction of sp³-hybridized carbons (Fsp3) is 0.429. The van der Waals surface area contributed by atoms with E-state index in [-0.39, 0.29) is 18.4 Å². The van der Waals surface area contributed by atoms with E-state index in [9.17, 15) is 4.79 Å². The molecule has 8 nitrogen and oxygen atoms in total. The number of anilines is 1. The molecule has 3 heterocycles. The maximum Gasteiger partial charge on any atom is 0.233 e. The van der Waals surface area contributed by atoms with Gasteiger partial charge in [0, 0.05) is 35.5 Å². The highest BCUT2D eigenvalue weighted by molar-refractivity contribution is 5.91. The van der Waals surface area contributed by atoms with Gasteiger partial charge in [-0.25, -0.2) is 0 Å². The van der Waals surface area contributed by atoms with Gasteiger partial charge in [0.05, 0.1) is 18.3 Å². The first-order valence-corrected chi connectivity index (χ1v) is 10.0. The molecule has 0 aliphatic heterocycles. The maximum absolute atomic E-state index is 12.1. The van der Waals surface area contributed by atoms with Gasteiger partial charge in [-0.05, 0) is 44.6 Å². The van der Waals surface area contributed by atoms with E-state index in [1.54, 1.807) is 6.07 Å². The largest absolute Gasteiger partial charge is 0.488 e. The summed E-state index contributed by atoms with van der Waals surface area (Å²) in [6.45, 7) is 1.82. The number of hydrogen-bond donors (Lipinski definition) is 2. The highest BCUT2D eigenvalue weighted by Gasteiger charge is 2.35. The molecule has 0 bridgehead atoms. The van der Waals surface area contributed by atoms with E-state index in [0.29, 0.717) is 23.4 Å². The Morgan fingerprint density at radius 1 is 1.31 bits per heavy atom. The van der Waals surface area contributed by atoms with Gasteiger partial charge in [-0.1, -0.05) is 5.16 Å². The normalized spacial score (nSPS) is 20.9. The van der Waals surface area contributed by atoms with Crippen molar-refractivity contribution >= 4 is 11.7 Å². The summed E-state index contributed by atoms with van der Waals surface area (Å²) in [5, 5.41) is 13.8. The Balaban J connectivity index is 1.13. The van der Waals surface area contributed by atoms with E-state index >= 15 is 0 Å². The topological polar surface area (TPSA) is 106 Å². The van der Waals surface area contributed by atoms with Crippen molar-refractivity contribution in [2.24, 2.45) is 0 Å². The van der Waals surface area contributed by atoms with E-state index < -0.39 is 0 Å². The van der Waals surface area contributed by atoms with Crippen molar-refractivity contribution in [1.82, 2.24) is 20.3 Å². The third kappa shape index (κ3) is 4.01. The first-order valence-electron chi connectivity index (χ1n) is 10.0. The van der Waals surface area contributed by atoms with Crippen LogP contribution in [0.3, 0.4) is 0 Å². The van der Waals surface area contributed by atoms with E-state index in [2.05, 4.69) is 31.7 Å². The number of ether oxygens (including phenoxy) is 1. The van der Waals surface area contributed by atoms with Crippen molar-refractivity contribution in [3.05, 3.63) is 53.3 Å². The highest BCUT2D eigenvalue weighted by atomic mass is 16.5. The Hall–Kier alpha value is -3.16. The molecule has 0 unspecified atom stereocenters. The lowest BCUT2D eigenvalue weighted by Crippen LogP contribution is -2.32. The van der Waals surface area contributed by atoms with Gasteiger partial charge in [0.1, 0.15) is 17.6 Å². The number of rotatable bonds is 7. The number of aryl methyl sites for hydroxylation is 1. The van der Waals surface area contributed by atoms with Crippen LogP contribution in [0.4, 0.5) is 5.82 Å². The summed E-state index contributed by atoms with van der Waals surface area (Å²) in [4.78, 5) is 16.3. The summed E-state index contributed by atoms with van der Waals surface area (Å²) in [6.07, 6.45) is 8.33. The van der Waals surface area contributed by atoms with Crippen molar-refractivity contribution < 1.29 is 14.1 Å². The number of amides is 1. The SMILES string of the molecule is Cc1cc(CC(=O)Nc2cc(C3CC(Oc4cnccc4C4CC4)C3)[nH]n2)on1. The van der Waals surface area contributed by atoms with E-state index in [1.165, 1.54) is 18.4 Å². The van der Waals surface area contributed by atoms with Crippen LogP contribution in [0.1, 0.15) is 60.2 Å². The van der Waals surface area contributed by atoms with Gasteiger partial charge in [-0.15, -0.1) is 0 Å². The van der Waals surface area contributed by atoms with Crippen LogP contribution in [0, 0.1) is 6.92 Å². The molecule has 3 aromatic heterocycles. The van der Waals surface area contributed by atoms with Crippen LogP contribution in [0.25, 0.3) is 0 Å². The molecule has 0 spiro atoms. The number of aromatic nitrogens is 4. The summed E-state index contributed by atoms with van der Waals surface area (Å²) in [5.41, 5.74) is 3.06. The molecular formula is C21H23N5O3. The number of H-pyrrole nitrogens is 1. The third-order valence-electron chi connectivity index (χ3n) is 5.54. The van der Waals surface area contributed by atoms with Crippen molar-refractivity contribution in [3.8, 4) is 5.75 Å². The minimum absolute atomic E-state index is 0.136. The second-order valence-corrected chi connectivity index (χ2v) is 7.96. The lowest BCUT2D eigenvalue weighted by molar-refractivity contribution is -0.115. The lowest BCUT2D eigenvalue weighted by atomic mass is 9.80. The number of carbonyl (C=O) groups excluding carboxylic acids is 1. The summed E-state index contributed by atoms with van der Waals surface area (Å²) >= 11 is 0. The number of nitrogens with one attached hydrogen (secondary N) is 2. The standard InChI is InChI=1S/C21H23N5O3/c1-12-6-16(29-26-12)9-21(27)23-20-10-18(24-25-20)14-7-15(8-14)28-19-11-22-5-4-17(19)13-2-3-13/h4-6,10-11,13-15H,2-3,7-9H2,1H3,(H2,23,24,25,27). The summed E-state index contributed by atoms with van der Waals surface area (Å²) in [7, 11) is 0. The molecule has 2 N–H and O–H groups in total. The zero-order valence-electron chi connectivity index (χ0n) is 16.2. The molecular weight excluding hydrogens is 370 g/mol. The number of carbonyl (C=O) groups is 1. The fourth-order valence-corrected chi connectivity index (χ4v) is 3.77. The van der Waals surface area contributed by atoms with Gasteiger partial charge in [0.2, 0.25) is 5.91 Å². The Morgan fingerprint density at radius 3 is 2.93 bits per heavy atom. The van der Waals surface area contributed by atoms with Crippen LogP contribution < -0.4 is 10.1 Å². The van der Waals surface area contributed by atoms with Crippen LogP contribution in [0.15, 0.2) is 35.1 Å². The molecule has 0 radical (unpaired) electrons. The van der Waals surface area contributed by atoms with Crippen molar-refractivity contribution in [2.45, 2.75) is 57.0 Å². The third-order valence-corrected chi connectivity index (χ3v) is 5.54. The average molecular weight is 393 g/mol. The molecule has 29 heavy (non-hydrogen) atoms. The predicted octanol–water partition coefficient (Wildman–Crippen LogP) is 3.48. The van der Waals surface area contributed by atoms with Crippen LogP contribution in [0.2, 0.25) is 0 Å². The first kappa shape index (κ1) is 17.9. The van der Waals surface area contributed by atoms with Gasteiger partial charge in [-0.2, -0.15) is 5.10 Å². The molecule has 8 heteroatoms. The van der Waals surface area contributed by atoms with E-state index in [0.717, 1.165) is 30.0 Å². The van der Waals surface area contributed by atoms with E-state index in [4.69, 9.17) is 9.26 Å². The number of pyridine rings is 1. The molecule has 150 valence electrons. The maximum atomic E-state index is 12.1. The minimum atomic E-state index is -0.182. The fourth-order valence-electron chi connectivity index (χ4n) is 3.77. The number of aromatic amines is 1. The average Bonchev–Trinajstić information content (AvgIpc) is 3.29. The van der Waals surface area contributed by atoms with Gasteiger partial charge in [0.25, 0.3) is 0 Å². The molecule has 5 rings (SSSR count). The minimum Gasteiger partial charge on any atom is -0.488 e. The monoisotopic (exact) mass is 393 g/mol. The Morgan fingerprint density at radius 2 is 2.17 bits per heavy atom. The smallest absolute Gasteiger partial charge is 0.233 e. The van der Waals surface area contributed by atoms with Crippen molar-refractivity contribution in [2.75, 3.05) is 5.32 Å². The molecule has 2 saturated carbocycles. The predicted molar refractivity (Wildman–Crippen MR) is 105 cm³/mol. The lowest BCUT2D eigenvalue weighted by Gasteiger charge is -2.35. The van der Waals surface area contributed by atoms with Crippen LogP contribution in [0.5, 0.6) is 5.75 Å². The van der Waals surface area contributed by atoms with Crippen molar-refractivity contribution in [1.29, 1.82) is 0 Å². The Labute approximate surface area is 168 Å². The van der Waals surface area contributed by atoms with Crippen LogP contribution in [-0.4, -0.2) is 32.3 Å². The summed E-state index contributed by atoms with van der Waals surface area (Å²) in [6, 6.07) is 5.72. The van der Waals surface area contributed by atoms with Crippen molar-refractivity contribution in [3.63, 3.8) is 0 Å².